The van der Waals surface area contributed by atoms with Crippen molar-refractivity contribution in [2.45, 2.75) is 18.0 Å². The van der Waals surface area contributed by atoms with Crippen molar-refractivity contribution in [2.24, 2.45) is 0 Å². The number of urea groups is 1. The van der Waals surface area contributed by atoms with Crippen molar-refractivity contribution >= 4 is 23.3 Å². The van der Waals surface area contributed by atoms with Gasteiger partial charge in [-0.3, -0.25) is 14.7 Å². The average molecular weight is 432 g/mol. The van der Waals surface area contributed by atoms with Crippen LogP contribution in [0.15, 0.2) is 73.1 Å². The lowest BCUT2D eigenvalue weighted by atomic mass is 9.71. The van der Waals surface area contributed by atoms with Crippen molar-refractivity contribution in [3.8, 4) is 0 Å². The van der Waals surface area contributed by atoms with Gasteiger partial charge in [-0.1, -0.05) is 18.2 Å². The third kappa shape index (κ3) is 3.29. The number of halogens is 1. The van der Waals surface area contributed by atoms with Crippen LogP contribution in [0.5, 0.6) is 0 Å². The topological polar surface area (TPSA) is 85.8 Å². The van der Waals surface area contributed by atoms with E-state index in [1.165, 1.54) is 24.3 Å². The largest absolute Gasteiger partial charge is 0.394 e. The highest BCUT2D eigenvalue weighted by atomic mass is 19.1. The van der Waals surface area contributed by atoms with Crippen LogP contribution in [0.3, 0.4) is 0 Å². The zero-order valence-electron chi connectivity index (χ0n) is 17.1. The lowest BCUT2D eigenvalue weighted by Crippen LogP contribution is -2.71. The molecule has 162 valence electrons. The minimum absolute atomic E-state index is 0.0724. The van der Waals surface area contributed by atoms with Crippen LogP contribution in [0.4, 0.5) is 20.6 Å². The lowest BCUT2D eigenvalue weighted by Gasteiger charge is -2.58. The molecule has 7 nitrogen and oxygen atoms in total. The van der Waals surface area contributed by atoms with Crippen LogP contribution in [0, 0.1) is 5.82 Å². The van der Waals surface area contributed by atoms with Gasteiger partial charge in [0.1, 0.15) is 5.82 Å². The molecular weight excluding hydrogens is 411 g/mol. The molecule has 32 heavy (non-hydrogen) atoms. The number of anilines is 2. The number of benzene rings is 2. The highest BCUT2D eigenvalue weighted by molar-refractivity contribution is 6.03. The molecule has 0 unspecified atom stereocenters. The standard InChI is InChI=1S/C24H21FN4O3/c25-16-5-7-17(8-6-16)27-24(32)28-13-20-22(18-3-1-2-4-19(18)28)21(14-30)29(20)23(31)15-9-11-26-12-10-15/h1-12,20-22,30H,13-14H2,(H,27,32)/t20-,21-,22+/m0/s1. The van der Waals surface area contributed by atoms with Crippen molar-refractivity contribution in [1.82, 2.24) is 9.88 Å². The number of hydrogen-bond acceptors (Lipinski definition) is 4. The predicted molar refractivity (Wildman–Crippen MR) is 117 cm³/mol. The van der Waals surface area contributed by atoms with Gasteiger partial charge in [0.2, 0.25) is 0 Å². The summed E-state index contributed by atoms with van der Waals surface area (Å²) in [6, 6.07) is 15.3. The number of hydrogen-bond donors (Lipinski definition) is 2. The van der Waals surface area contributed by atoms with Gasteiger partial charge < -0.3 is 15.3 Å². The van der Waals surface area contributed by atoms with Gasteiger partial charge in [0.25, 0.3) is 5.91 Å². The van der Waals surface area contributed by atoms with Gasteiger partial charge in [0.15, 0.2) is 0 Å². The fraction of sp³-hybridized carbons (Fsp3) is 0.208. The Balaban J connectivity index is 1.46. The van der Waals surface area contributed by atoms with E-state index in [4.69, 9.17) is 0 Å². The number of carbonyl (C=O) groups excluding carboxylic acids is 2. The Hall–Kier alpha value is -3.78. The first-order chi connectivity index (χ1) is 15.6. The fourth-order valence-corrected chi connectivity index (χ4v) is 4.73. The van der Waals surface area contributed by atoms with Crippen molar-refractivity contribution in [3.63, 3.8) is 0 Å². The molecule has 3 heterocycles. The van der Waals surface area contributed by atoms with Crippen LogP contribution >= 0.6 is 0 Å². The number of carbonyl (C=O) groups is 2. The molecule has 2 N–H and O–H groups in total. The number of aromatic nitrogens is 1. The second kappa shape index (κ2) is 8.05. The minimum Gasteiger partial charge on any atom is -0.394 e. The number of nitrogens with one attached hydrogen (secondary N) is 1. The molecule has 2 aliphatic heterocycles. The second-order valence-corrected chi connectivity index (χ2v) is 7.90. The van der Waals surface area contributed by atoms with E-state index in [0.29, 0.717) is 11.3 Å². The summed E-state index contributed by atoms with van der Waals surface area (Å²) in [7, 11) is 0. The van der Waals surface area contributed by atoms with E-state index in [1.807, 2.05) is 24.3 Å². The molecule has 8 heteroatoms. The summed E-state index contributed by atoms with van der Waals surface area (Å²) in [5.74, 6) is -0.660. The summed E-state index contributed by atoms with van der Waals surface area (Å²) in [6.07, 6.45) is 3.11. The van der Waals surface area contributed by atoms with Crippen LogP contribution in [-0.4, -0.2) is 52.2 Å². The van der Waals surface area contributed by atoms with Crippen LogP contribution in [0.2, 0.25) is 0 Å². The van der Waals surface area contributed by atoms with Gasteiger partial charge >= 0.3 is 6.03 Å². The Kier molecular flexibility index (Phi) is 5.07. The number of para-hydroxylation sites is 1. The third-order valence-electron chi connectivity index (χ3n) is 6.19. The third-order valence-corrected chi connectivity index (χ3v) is 6.19. The van der Waals surface area contributed by atoms with Gasteiger partial charge in [-0.05, 0) is 48.0 Å². The Labute approximate surface area is 184 Å². The average Bonchev–Trinajstić information content (AvgIpc) is 2.81. The van der Waals surface area contributed by atoms with E-state index in [1.54, 1.807) is 34.3 Å². The van der Waals surface area contributed by atoms with Crippen molar-refractivity contribution in [2.75, 3.05) is 23.4 Å². The zero-order chi connectivity index (χ0) is 22.2. The Morgan fingerprint density at radius 2 is 1.78 bits per heavy atom. The number of aliphatic hydroxyl groups excluding tert-OH is 1. The van der Waals surface area contributed by atoms with Crippen LogP contribution in [-0.2, 0) is 0 Å². The summed E-state index contributed by atoms with van der Waals surface area (Å²) in [5.41, 5.74) is 2.61. The normalized spacial score (nSPS) is 21.2. The van der Waals surface area contributed by atoms with Gasteiger partial charge in [-0.25, -0.2) is 9.18 Å². The van der Waals surface area contributed by atoms with E-state index in [0.717, 1.165) is 11.3 Å². The van der Waals surface area contributed by atoms with Gasteiger partial charge in [-0.2, -0.15) is 0 Å². The second-order valence-electron chi connectivity index (χ2n) is 7.90. The summed E-state index contributed by atoms with van der Waals surface area (Å²) < 4.78 is 13.2. The van der Waals surface area contributed by atoms with Gasteiger partial charge in [0, 0.05) is 41.8 Å². The summed E-state index contributed by atoms with van der Waals surface area (Å²) in [5, 5.41) is 12.9. The Bertz CT molecular complexity index is 1160. The molecule has 1 fully saturated rings. The van der Waals surface area contributed by atoms with E-state index in [-0.39, 0.29) is 48.9 Å². The molecule has 0 saturated carbocycles. The number of amides is 3. The first-order valence-electron chi connectivity index (χ1n) is 10.3. The molecular formula is C24H21FN4O3. The molecule has 3 atom stereocenters. The zero-order valence-corrected chi connectivity index (χ0v) is 17.1. The maximum absolute atomic E-state index is 13.2. The predicted octanol–water partition coefficient (Wildman–Crippen LogP) is 3.24. The van der Waals surface area contributed by atoms with Crippen LogP contribution < -0.4 is 10.2 Å². The molecule has 0 spiro atoms. The van der Waals surface area contributed by atoms with E-state index in [2.05, 4.69) is 10.3 Å². The monoisotopic (exact) mass is 432 g/mol. The van der Waals surface area contributed by atoms with E-state index < -0.39 is 0 Å². The Morgan fingerprint density at radius 1 is 1.06 bits per heavy atom. The van der Waals surface area contributed by atoms with Crippen LogP contribution in [0.1, 0.15) is 21.8 Å². The molecule has 1 aromatic heterocycles. The molecule has 3 amide bonds. The molecule has 0 bridgehead atoms. The molecule has 0 radical (unpaired) electrons. The number of aliphatic hydroxyl groups is 1. The molecule has 2 aliphatic rings. The molecule has 0 aliphatic carbocycles. The van der Waals surface area contributed by atoms with Crippen molar-refractivity contribution in [1.29, 1.82) is 0 Å². The highest BCUT2D eigenvalue weighted by Crippen LogP contribution is 2.48. The fourth-order valence-electron chi connectivity index (χ4n) is 4.73. The number of fused-ring (bicyclic) bond motifs is 3. The van der Waals surface area contributed by atoms with Crippen molar-refractivity contribution < 1.29 is 19.1 Å². The Morgan fingerprint density at radius 3 is 2.50 bits per heavy atom. The summed E-state index contributed by atoms with van der Waals surface area (Å²) in [6.45, 7) is 0.107. The number of likely N-dealkylation sites (tertiary alicyclic amines) is 1. The summed E-state index contributed by atoms with van der Waals surface area (Å²) in [4.78, 5) is 33.6. The first-order valence-corrected chi connectivity index (χ1v) is 10.3. The highest BCUT2D eigenvalue weighted by Gasteiger charge is 2.55. The van der Waals surface area contributed by atoms with Gasteiger partial charge in [-0.15, -0.1) is 0 Å². The minimum atomic E-state index is -0.385. The maximum atomic E-state index is 13.2. The molecule has 1 saturated heterocycles. The quantitative estimate of drug-likeness (QED) is 0.665. The smallest absolute Gasteiger partial charge is 0.326 e. The van der Waals surface area contributed by atoms with Crippen molar-refractivity contribution in [3.05, 3.63) is 90.0 Å². The molecule has 3 aromatic rings. The number of pyridine rings is 1. The van der Waals surface area contributed by atoms with Crippen LogP contribution in [0.25, 0.3) is 0 Å². The number of rotatable bonds is 3. The molecule has 2 aromatic carbocycles. The lowest BCUT2D eigenvalue weighted by molar-refractivity contribution is -0.0241. The maximum Gasteiger partial charge on any atom is 0.326 e. The van der Waals surface area contributed by atoms with E-state index >= 15 is 0 Å². The van der Waals surface area contributed by atoms with E-state index in [9.17, 15) is 19.1 Å². The summed E-state index contributed by atoms with van der Waals surface area (Å²) >= 11 is 0. The molecule has 5 rings (SSSR count). The SMILES string of the molecule is O=C(Nc1ccc(F)cc1)N1C[C@H]2[C@@H](c3ccccc31)[C@H](CO)N2C(=O)c1ccncc1. The number of nitrogens with zero attached hydrogens (tertiary/aromatic N) is 3. The van der Waals surface area contributed by atoms with Gasteiger partial charge in [0.05, 0.1) is 18.7 Å². The first kappa shape index (κ1) is 20.1.